The number of amides is 4. The normalized spacial score (nSPS) is 13.8. The Morgan fingerprint density at radius 3 is 2.23 bits per heavy atom. The van der Waals surface area contributed by atoms with Crippen molar-refractivity contribution in [3.63, 3.8) is 0 Å². The molecule has 0 spiro atoms. The molecule has 0 atom stereocenters. The van der Waals surface area contributed by atoms with E-state index >= 15 is 0 Å². The number of hydrogen-bond acceptors (Lipinski definition) is 6. The first-order valence-corrected chi connectivity index (χ1v) is 14.4. The molecule has 10 nitrogen and oxygen atoms in total. The number of ether oxygens (including phenoxy) is 1. The smallest absolute Gasteiger partial charge is 0.317 e. The molecule has 0 aliphatic carbocycles. The van der Waals surface area contributed by atoms with Crippen LogP contribution >= 0.6 is 11.9 Å². The van der Waals surface area contributed by atoms with Gasteiger partial charge in [-0.1, -0.05) is 44.9 Å². The second-order valence-electron chi connectivity index (χ2n) is 10.8. The molecule has 4 rings (SSSR count). The molecule has 40 heavy (non-hydrogen) atoms. The van der Waals surface area contributed by atoms with Crippen LogP contribution in [0.15, 0.2) is 36.4 Å². The van der Waals surface area contributed by atoms with Gasteiger partial charge < -0.3 is 34.5 Å². The first kappa shape index (κ1) is 29.1. The SMILES string of the molecule is CNC(=O)N1CCN(C(=O)c2cccc3cc(C(=O)Nc4cc(C(C)(C)C)cc(NSC)c4OC)n(C)c23)CC1. The van der Waals surface area contributed by atoms with Gasteiger partial charge in [0.05, 0.1) is 29.6 Å². The Kier molecular flexibility index (Phi) is 8.53. The fourth-order valence-electron chi connectivity index (χ4n) is 5.00. The summed E-state index contributed by atoms with van der Waals surface area (Å²) in [6, 6.07) is 11.1. The van der Waals surface area contributed by atoms with Crippen LogP contribution in [0.1, 0.15) is 47.2 Å². The lowest BCUT2D eigenvalue weighted by Gasteiger charge is -2.34. The number of piperazine rings is 1. The number of aryl methyl sites for hydroxylation is 1. The number of nitrogens with zero attached hydrogens (tertiary/aromatic N) is 3. The van der Waals surface area contributed by atoms with Crippen molar-refractivity contribution in [3.8, 4) is 5.75 Å². The van der Waals surface area contributed by atoms with Gasteiger partial charge in [-0.2, -0.15) is 0 Å². The summed E-state index contributed by atoms with van der Waals surface area (Å²) in [5, 5.41) is 6.47. The van der Waals surface area contributed by atoms with E-state index in [0.29, 0.717) is 54.4 Å². The van der Waals surface area contributed by atoms with Crippen LogP contribution in [-0.2, 0) is 12.5 Å². The van der Waals surface area contributed by atoms with Crippen molar-refractivity contribution in [1.82, 2.24) is 19.7 Å². The zero-order chi connectivity index (χ0) is 29.2. The summed E-state index contributed by atoms with van der Waals surface area (Å²) >= 11 is 1.45. The molecule has 2 aromatic carbocycles. The molecule has 1 aliphatic heterocycles. The van der Waals surface area contributed by atoms with Crippen molar-refractivity contribution in [1.29, 1.82) is 0 Å². The largest absolute Gasteiger partial charge is 0.492 e. The van der Waals surface area contributed by atoms with E-state index in [2.05, 4.69) is 36.1 Å². The molecule has 11 heteroatoms. The maximum atomic E-state index is 13.7. The topological polar surface area (TPSA) is 108 Å². The number of hydrogen-bond donors (Lipinski definition) is 3. The van der Waals surface area contributed by atoms with Crippen molar-refractivity contribution < 1.29 is 19.1 Å². The minimum Gasteiger partial charge on any atom is -0.492 e. The highest BCUT2D eigenvalue weighted by atomic mass is 32.2. The van der Waals surface area contributed by atoms with Crippen LogP contribution in [0.2, 0.25) is 0 Å². The molecule has 1 fully saturated rings. The number of rotatable bonds is 6. The van der Waals surface area contributed by atoms with Crippen molar-refractivity contribution in [2.24, 2.45) is 7.05 Å². The van der Waals surface area contributed by atoms with Gasteiger partial charge in [0.15, 0.2) is 5.75 Å². The first-order chi connectivity index (χ1) is 19.0. The number of methoxy groups -OCH3 is 1. The van der Waals surface area contributed by atoms with Gasteiger partial charge in [0.1, 0.15) is 5.69 Å². The van der Waals surface area contributed by atoms with Crippen molar-refractivity contribution in [2.45, 2.75) is 26.2 Å². The highest BCUT2D eigenvalue weighted by Gasteiger charge is 2.27. The van der Waals surface area contributed by atoms with Crippen LogP contribution in [0.4, 0.5) is 16.2 Å². The lowest BCUT2D eigenvalue weighted by molar-refractivity contribution is 0.0667. The maximum absolute atomic E-state index is 13.7. The molecule has 214 valence electrons. The molecule has 0 saturated carbocycles. The molecule has 3 aromatic rings. The Bertz CT molecular complexity index is 1440. The maximum Gasteiger partial charge on any atom is 0.317 e. The average Bonchev–Trinajstić information content (AvgIpc) is 3.28. The van der Waals surface area contributed by atoms with E-state index in [9.17, 15) is 14.4 Å². The number of urea groups is 1. The third-order valence-corrected chi connectivity index (χ3v) is 7.63. The summed E-state index contributed by atoms with van der Waals surface area (Å²) in [4.78, 5) is 42.6. The monoisotopic (exact) mass is 566 g/mol. The molecule has 4 amide bonds. The summed E-state index contributed by atoms with van der Waals surface area (Å²) in [6.07, 6.45) is 1.93. The number of benzene rings is 2. The van der Waals surface area contributed by atoms with Crippen molar-refractivity contribution in [3.05, 3.63) is 53.2 Å². The van der Waals surface area contributed by atoms with Gasteiger partial charge >= 0.3 is 6.03 Å². The molecular formula is C29H38N6O4S. The summed E-state index contributed by atoms with van der Waals surface area (Å²) in [7, 11) is 4.97. The van der Waals surface area contributed by atoms with Crippen LogP contribution in [0.25, 0.3) is 10.9 Å². The average molecular weight is 567 g/mol. The van der Waals surface area contributed by atoms with Crippen LogP contribution < -0.4 is 20.1 Å². The van der Waals surface area contributed by atoms with Gasteiger partial charge in [-0.25, -0.2) is 4.79 Å². The molecule has 1 aliphatic rings. The van der Waals surface area contributed by atoms with Gasteiger partial charge in [-0.05, 0) is 35.2 Å². The minimum absolute atomic E-state index is 0.123. The van der Waals surface area contributed by atoms with Crippen molar-refractivity contribution in [2.75, 3.05) is 56.6 Å². The molecule has 3 N–H and O–H groups in total. The Hall–Kier alpha value is -3.86. The van der Waals surface area contributed by atoms with Crippen LogP contribution in [0, 0.1) is 0 Å². The Labute approximate surface area is 239 Å². The number of carbonyl (C=O) groups is 3. The highest BCUT2D eigenvalue weighted by molar-refractivity contribution is 7.99. The van der Waals surface area contributed by atoms with Gasteiger partial charge in [-0.15, -0.1) is 0 Å². The number of fused-ring (bicyclic) bond motifs is 1. The predicted octanol–water partition coefficient (Wildman–Crippen LogP) is 4.52. The second-order valence-corrected chi connectivity index (χ2v) is 11.4. The molecule has 0 radical (unpaired) electrons. The van der Waals surface area contributed by atoms with E-state index in [1.165, 1.54) is 11.9 Å². The fourth-order valence-corrected chi connectivity index (χ4v) is 5.37. The standard InChI is InChI=1S/C29H38N6O4S/c1-29(2,3)19-16-21(25(39-6)22(17-19)32-40-7)31-26(36)23-15-18-9-8-10-20(24(18)33(23)5)27(37)34-11-13-35(14-12-34)28(38)30-4/h8-10,15-17,32H,11-14H2,1-7H3,(H,30,38)(H,31,36). The minimum atomic E-state index is -0.309. The zero-order valence-electron chi connectivity index (χ0n) is 24.2. The predicted molar refractivity (Wildman–Crippen MR) is 162 cm³/mol. The van der Waals surface area contributed by atoms with E-state index in [1.807, 2.05) is 30.5 Å². The van der Waals surface area contributed by atoms with Crippen LogP contribution in [0.3, 0.4) is 0 Å². The Morgan fingerprint density at radius 2 is 1.62 bits per heavy atom. The quantitative estimate of drug-likeness (QED) is 0.379. The molecule has 1 aromatic heterocycles. The summed E-state index contributed by atoms with van der Waals surface area (Å²) in [6.45, 7) is 8.15. The Balaban J connectivity index is 1.66. The van der Waals surface area contributed by atoms with Crippen LogP contribution in [-0.4, -0.2) is 78.8 Å². The third-order valence-electron chi connectivity index (χ3n) is 7.21. The number of anilines is 2. The lowest BCUT2D eigenvalue weighted by atomic mass is 9.86. The van der Waals surface area contributed by atoms with E-state index in [4.69, 9.17) is 4.74 Å². The van der Waals surface area contributed by atoms with Crippen molar-refractivity contribution >= 4 is 52.1 Å². The number of para-hydroxylation sites is 1. The summed E-state index contributed by atoms with van der Waals surface area (Å²) < 4.78 is 10.7. The van der Waals surface area contributed by atoms with Gasteiger partial charge in [0.25, 0.3) is 11.8 Å². The van der Waals surface area contributed by atoms with Gasteiger partial charge in [0.2, 0.25) is 0 Å². The molecule has 2 heterocycles. The molecular weight excluding hydrogens is 528 g/mol. The Morgan fingerprint density at radius 1 is 0.975 bits per heavy atom. The highest BCUT2D eigenvalue weighted by Crippen LogP contribution is 2.40. The van der Waals surface area contributed by atoms with E-state index in [1.54, 1.807) is 47.7 Å². The number of nitrogens with one attached hydrogen (secondary N) is 3. The van der Waals surface area contributed by atoms with Gasteiger partial charge in [0, 0.05) is 51.9 Å². The van der Waals surface area contributed by atoms with Gasteiger partial charge in [-0.3, -0.25) is 9.59 Å². The number of aromatic nitrogens is 1. The summed E-state index contributed by atoms with van der Waals surface area (Å²) in [5.41, 5.74) is 3.86. The third kappa shape index (κ3) is 5.70. The molecule has 0 bridgehead atoms. The molecule has 1 saturated heterocycles. The fraction of sp³-hybridized carbons (Fsp3) is 0.414. The summed E-state index contributed by atoms with van der Waals surface area (Å²) in [5.74, 6) is 0.111. The zero-order valence-corrected chi connectivity index (χ0v) is 25.0. The molecule has 0 unspecified atom stereocenters. The first-order valence-electron chi connectivity index (χ1n) is 13.2. The van der Waals surface area contributed by atoms with E-state index in [-0.39, 0.29) is 23.3 Å². The lowest BCUT2D eigenvalue weighted by Crippen LogP contribution is -2.52. The number of carbonyl (C=O) groups excluding carboxylic acids is 3. The second kappa shape index (κ2) is 11.7. The van der Waals surface area contributed by atoms with E-state index < -0.39 is 0 Å². The van der Waals surface area contributed by atoms with Crippen LogP contribution in [0.5, 0.6) is 5.75 Å². The van der Waals surface area contributed by atoms with E-state index in [0.717, 1.165) is 16.6 Å².